The van der Waals surface area contributed by atoms with Crippen LogP contribution in [0.5, 0.6) is 11.5 Å². The van der Waals surface area contributed by atoms with E-state index in [1.807, 2.05) is 60.7 Å². The third-order valence-corrected chi connectivity index (χ3v) is 6.21. The molecule has 0 saturated carbocycles. The monoisotopic (exact) mass is 591 g/mol. The molecule has 230 valence electrons. The van der Waals surface area contributed by atoms with Crippen molar-refractivity contribution in [1.82, 2.24) is 5.32 Å². The number of ether oxygens (including phenoxy) is 5. The van der Waals surface area contributed by atoms with Gasteiger partial charge in [-0.1, -0.05) is 66.7 Å². The minimum absolute atomic E-state index is 0.0768. The van der Waals surface area contributed by atoms with Gasteiger partial charge in [-0.2, -0.15) is 0 Å². The molecule has 0 aromatic heterocycles. The fourth-order valence-electron chi connectivity index (χ4n) is 3.98. The van der Waals surface area contributed by atoms with Crippen molar-refractivity contribution < 1.29 is 38.1 Å². The van der Waals surface area contributed by atoms with Gasteiger partial charge in [-0.05, 0) is 63.4 Å². The van der Waals surface area contributed by atoms with Crippen LogP contribution in [0.25, 0.3) is 0 Å². The topological polar surface area (TPSA) is 109 Å². The highest BCUT2D eigenvalue weighted by molar-refractivity contribution is 5.82. The largest absolute Gasteiger partial charge is 0.485 e. The molecule has 43 heavy (non-hydrogen) atoms. The predicted molar refractivity (Wildman–Crippen MR) is 162 cm³/mol. The van der Waals surface area contributed by atoms with Gasteiger partial charge < -0.3 is 29.0 Å². The van der Waals surface area contributed by atoms with Gasteiger partial charge in [-0.15, -0.1) is 0 Å². The lowest BCUT2D eigenvalue weighted by Gasteiger charge is -2.25. The Morgan fingerprint density at radius 3 is 1.79 bits per heavy atom. The quantitative estimate of drug-likeness (QED) is 0.186. The third-order valence-electron chi connectivity index (χ3n) is 6.21. The zero-order valence-electron chi connectivity index (χ0n) is 25.6. The summed E-state index contributed by atoms with van der Waals surface area (Å²) in [7, 11) is 0. The molecule has 0 aliphatic rings. The maximum Gasteiger partial charge on any atom is 0.408 e. The van der Waals surface area contributed by atoms with Crippen LogP contribution in [0.15, 0.2) is 78.9 Å². The van der Waals surface area contributed by atoms with Crippen LogP contribution in [0, 0.1) is 0 Å². The van der Waals surface area contributed by atoms with Crippen molar-refractivity contribution in [2.45, 2.75) is 85.0 Å². The summed E-state index contributed by atoms with van der Waals surface area (Å²) in [6.45, 7) is 10.4. The van der Waals surface area contributed by atoms with Crippen LogP contribution >= 0.6 is 0 Å². The van der Waals surface area contributed by atoms with Gasteiger partial charge >= 0.3 is 18.0 Å². The summed E-state index contributed by atoms with van der Waals surface area (Å²) < 4.78 is 28.4. The Morgan fingerprint density at radius 2 is 1.26 bits per heavy atom. The van der Waals surface area contributed by atoms with Crippen molar-refractivity contribution in [3.63, 3.8) is 0 Å². The van der Waals surface area contributed by atoms with Gasteiger partial charge in [0, 0.05) is 13.3 Å². The highest BCUT2D eigenvalue weighted by Gasteiger charge is 2.29. The lowest BCUT2D eigenvalue weighted by molar-refractivity contribution is -0.165. The van der Waals surface area contributed by atoms with Gasteiger partial charge in [-0.25, -0.2) is 9.59 Å². The molecule has 0 bridgehead atoms. The zero-order chi connectivity index (χ0) is 31.4. The van der Waals surface area contributed by atoms with E-state index in [-0.39, 0.29) is 6.42 Å². The third kappa shape index (κ3) is 11.7. The molecule has 0 aliphatic carbocycles. The first-order valence-electron chi connectivity index (χ1n) is 14.2. The summed E-state index contributed by atoms with van der Waals surface area (Å²) in [5.41, 5.74) is 1.90. The van der Waals surface area contributed by atoms with Crippen LogP contribution in [-0.2, 0) is 43.4 Å². The first-order chi connectivity index (χ1) is 20.4. The van der Waals surface area contributed by atoms with Gasteiger partial charge in [0.25, 0.3) is 0 Å². The van der Waals surface area contributed by atoms with Gasteiger partial charge in [0.1, 0.15) is 37.1 Å². The zero-order valence-corrected chi connectivity index (χ0v) is 25.6. The number of carbonyl (C=O) groups is 3. The average molecular weight is 592 g/mol. The van der Waals surface area contributed by atoms with E-state index in [2.05, 4.69) is 5.32 Å². The summed E-state index contributed by atoms with van der Waals surface area (Å²) in [4.78, 5) is 37.3. The Kier molecular flexibility index (Phi) is 12.0. The first-order valence-corrected chi connectivity index (χ1v) is 14.2. The summed E-state index contributed by atoms with van der Waals surface area (Å²) >= 11 is 0. The number of esters is 2. The summed E-state index contributed by atoms with van der Waals surface area (Å²) in [5, 5.41) is 2.63. The van der Waals surface area contributed by atoms with Gasteiger partial charge in [0.05, 0.1) is 0 Å². The van der Waals surface area contributed by atoms with E-state index in [0.29, 0.717) is 30.3 Å². The van der Waals surface area contributed by atoms with Gasteiger partial charge in [0.2, 0.25) is 0 Å². The molecule has 0 radical (unpaired) electrons. The highest BCUT2D eigenvalue weighted by Crippen LogP contribution is 2.31. The summed E-state index contributed by atoms with van der Waals surface area (Å²) in [6.07, 6.45) is -2.12. The fourth-order valence-corrected chi connectivity index (χ4v) is 3.98. The Hall–Kier alpha value is -4.53. The molecule has 3 aromatic carbocycles. The Bertz CT molecular complexity index is 1340. The smallest absolute Gasteiger partial charge is 0.408 e. The number of benzene rings is 3. The number of carbonyl (C=O) groups excluding carboxylic acids is 3. The van der Waals surface area contributed by atoms with Crippen LogP contribution in [0.3, 0.4) is 0 Å². The van der Waals surface area contributed by atoms with Crippen molar-refractivity contribution in [3.05, 3.63) is 95.6 Å². The Balaban J connectivity index is 1.84. The molecule has 0 aliphatic heterocycles. The molecule has 9 heteroatoms. The number of rotatable bonds is 13. The van der Waals surface area contributed by atoms with E-state index in [4.69, 9.17) is 23.7 Å². The van der Waals surface area contributed by atoms with E-state index >= 15 is 0 Å². The van der Waals surface area contributed by atoms with E-state index in [9.17, 15) is 14.4 Å². The molecule has 1 unspecified atom stereocenters. The number of hydrogen-bond acceptors (Lipinski definition) is 8. The second-order valence-electron chi connectivity index (χ2n) is 11.2. The maximum atomic E-state index is 13.3. The van der Waals surface area contributed by atoms with Crippen LogP contribution in [0.4, 0.5) is 4.79 Å². The molecule has 0 spiro atoms. The number of amides is 1. The molecule has 1 N–H and O–H groups in total. The normalized spacial score (nSPS) is 13.2. The van der Waals surface area contributed by atoms with Crippen molar-refractivity contribution in [2.24, 2.45) is 0 Å². The maximum absolute atomic E-state index is 13.3. The van der Waals surface area contributed by atoms with Crippen molar-refractivity contribution in [2.75, 3.05) is 0 Å². The van der Waals surface area contributed by atoms with E-state index in [1.165, 1.54) is 6.92 Å². The highest BCUT2D eigenvalue weighted by atomic mass is 16.6. The molecule has 3 atom stereocenters. The molecular formula is C34H41NO8. The molecule has 0 fully saturated rings. The number of hydrogen-bond donors (Lipinski definition) is 1. The average Bonchev–Trinajstić information content (AvgIpc) is 2.95. The van der Waals surface area contributed by atoms with E-state index in [0.717, 1.165) is 11.1 Å². The standard InChI is InChI=1S/C34H41NO8/c1-23(41-25(3)36)24(2)42-32(37)29(35-33(38)43-34(4,5)6)19-28-17-18-30(39-21-26-13-9-7-10-14-26)31(20-28)40-22-27-15-11-8-12-16-27/h7-18,20,23-24,29H,19,21-22H2,1-6H3,(H,35,38)/t23?,24-,29+/m1/s1. The minimum Gasteiger partial charge on any atom is -0.485 e. The Morgan fingerprint density at radius 1 is 0.721 bits per heavy atom. The molecule has 0 saturated heterocycles. The van der Waals surface area contributed by atoms with Crippen molar-refractivity contribution >= 4 is 18.0 Å². The second kappa shape index (κ2) is 15.6. The number of nitrogens with one attached hydrogen (secondary N) is 1. The van der Waals surface area contributed by atoms with E-state index < -0.39 is 41.9 Å². The Labute approximate surface area is 253 Å². The lowest BCUT2D eigenvalue weighted by atomic mass is 10.0. The summed E-state index contributed by atoms with van der Waals surface area (Å²) in [6, 6.07) is 23.8. The predicted octanol–water partition coefficient (Wildman–Crippen LogP) is 6.16. The fraction of sp³-hybridized carbons (Fsp3) is 0.382. The SMILES string of the molecule is CC(=O)OC(C)[C@@H](C)OC(=O)[C@H](Cc1ccc(OCc2ccccc2)c(OCc2ccccc2)c1)NC(=O)OC(C)(C)C. The second-order valence-corrected chi connectivity index (χ2v) is 11.2. The molecular weight excluding hydrogens is 550 g/mol. The molecule has 1 amide bonds. The first kappa shape index (κ1) is 33.0. The van der Waals surface area contributed by atoms with Crippen LogP contribution in [-0.4, -0.2) is 41.9 Å². The molecule has 9 nitrogen and oxygen atoms in total. The van der Waals surface area contributed by atoms with Crippen LogP contribution in [0.2, 0.25) is 0 Å². The van der Waals surface area contributed by atoms with Gasteiger partial charge in [-0.3, -0.25) is 4.79 Å². The van der Waals surface area contributed by atoms with Crippen molar-refractivity contribution in [3.8, 4) is 11.5 Å². The number of alkyl carbamates (subject to hydrolysis) is 1. The molecule has 3 rings (SSSR count). The van der Waals surface area contributed by atoms with Crippen LogP contribution < -0.4 is 14.8 Å². The van der Waals surface area contributed by atoms with Crippen LogP contribution in [0.1, 0.15) is 58.2 Å². The molecule has 3 aromatic rings. The van der Waals surface area contributed by atoms with Crippen molar-refractivity contribution in [1.29, 1.82) is 0 Å². The lowest BCUT2D eigenvalue weighted by Crippen LogP contribution is -2.47. The van der Waals surface area contributed by atoms with E-state index in [1.54, 1.807) is 52.8 Å². The minimum atomic E-state index is -1.10. The summed E-state index contributed by atoms with van der Waals surface area (Å²) in [5.74, 6) is -0.171. The molecule has 0 heterocycles. The van der Waals surface area contributed by atoms with Gasteiger partial charge in [0.15, 0.2) is 11.5 Å².